The van der Waals surface area contributed by atoms with Gasteiger partial charge in [-0.15, -0.1) is 0 Å². The molecule has 0 aliphatic heterocycles. The van der Waals surface area contributed by atoms with E-state index in [1.54, 1.807) is 25.3 Å². The Morgan fingerprint density at radius 2 is 1.67 bits per heavy atom. The van der Waals surface area contributed by atoms with Crippen LogP contribution in [0.1, 0.15) is 37.7 Å². The highest BCUT2D eigenvalue weighted by Gasteiger charge is 2.33. The zero-order valence-electron chi connectivity index (χ0n) is 12.4. The summed E-state index contributed by atoms with van der Waals surface area (Å²) in [7, 11) is 0. The molecule has 2 aromatic rings. The third-order valence-corrected chi connectivity index (χ3v) is 3.17. The summed E-state index contributed by atoms with van der Waals surface area (Å²) in [6, 6.07) is 6.28. The zero-order valence-corrected chi connectivity index (χ0v) is 12.4. The minimum Gasteiger partial charge on any atom is -0.256 e. The van der Waals surface area contributed by atoms with Crippen LogP contribution >= 0.6 is 0 Å². The van der Waals surface area contributed by atoms with Gasteiger partial charge < -0.3 is 0 Å². The molecule has 2 aromatic heterocycles. The molecule has 0 saturated carbocycles. The van der Waals surface area contributed by atoms with Crippen LogP contribution in [0, 0.1) is 6.92 Å². The summed E-state index contributed by atoms with van der Waals surface area (Å²) < 4.78 is 38.4. The molecule has 0 radical (unpaired) electrons. The Morgan fingerprint density at radius 3 is 2.14 bits per heavy atom. The number of alkyl halides is 3. The Labute approximate surface area is 122 Å². The fourth-order valence-electron chi connectivity index (χ4n) is 1.97. The van der Waals surface area contributed by atoms with Gasteiger partial charge in [-0.3, -0.25) is 4.98 Å². The van der Waals surface area contributed by atoms with Crippen LogP contribution in [-0.4, -0.2) is 9.97 Å². The topological polar surface area (TPSA) is 25.8 Å². The molecule has 0 aliphatic rings. The summed E-state index contributed by atoms with van der Waals surface area (Å²) in [5.41, 5.74) is 1.36. The lowest BCUT2D eigenvalue weighted by Crippen LogP contribution is -2.11. The molecule has 0 saturated heterocycles. The molecule has 5 heteroatoms. The first kappa shape index (κ1) is 15.5. The van der Waals surface area contributed by atoms with E-state index in [0.29, 0.717) is 17.0 Å². The van der Waals surface area contributed by atoms with Gasteiger partial charge in [0, 0.05) is 17.5 Å². The number of aromatic nitrogens is 2. The molecule has 2 rings (SSSR count). The van der Waals surface area contributed by atoms with Crippen LogP contribution in [0.5, 0.6) is 0 Å². The van der Waals surface area contributed by atoms with Gasteiger partial charge in [-0.05, 0) is 36.1 Å². The summed E-state index contributed by atoms with van der Waals surface area (Å²) in [6.45, 7) is 7.72. The lowest BCUT2D eigenvalue weighted by molar-refractivity contribution is -0.141. The van der Waals surface area contributed by atoms with Gasteiger partial charge in [0.1, 0.15) is 5.69 Å². The average Bonchev–Trinajstić information content (AvgIpc) is 2.36. The smallest absolute Gasteiger partial charge is 0.256 e. The van der Waals surface area contributed by atoms with Crippen LogP contribution in [0.4, 0.5) is 13.2 Å². The Morgan fingerprint density at radius 1 is 1.00 bits per heavy atom. The SMILES string of the molecule is Cc1cc(-c2ccc(C(C)(C)C)cn2)cc(C(F)(F)F)n1. The number of hydrogen-bond donors (Lipinski definition) is 0. The Hall–Kier alpha value is -1.91. The van der Waals surface area contributed by atoms with Crippen molar-refractivity contribution < 1.29 is 13.2 Å². The fourth-order valence-corrected chi connectivity index (χ4v) is 1.97. The highest BCUT2D eigenvalue weighted by molar-refractivity contribution is 5.60. The highest BCUT2D eigenvalue weighted by atomic mass is 19.4. The predicted octanol–water partition coefficient (Wildman–Crippen LogP) is 4.77. The number of rotatable bonds is 1. The molecule has 0 unspecified atom stereocenters. The summed E-state index contributed by atoms with van der Waals surface area (Å²) >= 11 is 0. The third kappa shape index (κ3) is 3.60. The van der Waals surface area contributed by atoms with Crippen molar-refractivity contribution in [3.05, 3.63) is 47.4 Å². The maximum absolute atomic E-state index is 12.8. The number of aryl methyl sites for hydroxylation is 1. The first-order valence-electron chi connectivity index (χ1n) is 6.60. The van der Waals surface area contributed by atoms with Gasteiger partial charge in [-0.25, -0.2) is 4.98 Å². The second kappa shape index (κ2) is 5.13. The first-order valence-corrected chi connectivity index (χ1v) is 6.60. The van der Waals surface area contributed by atoms with E-state index < -0.39 is 11.9 Å². The van der Waals surface area contributed by atoms with Crippen LogP contribution in [0.15, 0.2) is 30.5 Å². The zero-order chi connectivity index (χ0) is 15.8. The number of halogens is 3. The largest absolute Gasteiger partial charge is 0.433 e. The predicted molar refractivity (Wildman–Crippen MR) is 75.9 cm³/mol. The number of pyridine rings is 2. The van der Waals surface area contributed by atoms with Crippen molar-refractivity contribution in [1.82, 2.24) is 9.97 Å². The Balaban J connectivity index is 2.45. The van der Waals surface area contributed by atoms with E-state index in [4.69, 9.17) is 0 Å². The standard InChI is InChI=1S/C16H17F3N2/c1-10-7-11(8-14(21-10)16(17,18)19)13-6-5-12(9-20-13)15(2,3)4/h5-9H,1-4H3. The second-order valence-electron chi connectivity index (χ2n) is 6.06. The van der Waals surface area contributed by atoms with Crippen LogP contribution in [0.25, 0.3) is 11.3 Å². The number of hydrogen-bond acceptors (Lipinski definition) is 2. The monoisotopic (exact) mass is 294 g/mol. The minimum absolute atomic E-state index is 0.0448. The van der Waals surface area contributed by atoms with Crippen molar-refractivity contribution in [2.75, 3.05) is 0 Å². The van der Waals surface area contributed by atoms with E-state index in [2.05, 4.69) is 30.7 Å². The van der Waals surface area contributed by atoms with Gasteiger partial charge in [0.15, 0.2) is 0 Å². The molecule has 21 heavy (non-hydrogen) atoms. The van der Waals surface area contributed by atoms with Gasteiger partial charge in [0.05, 0.1) is 5.69 Å². The lowest BCUT2D eigenvalue weighted by Gasteiger charge is -2.18. The van der Waals surface area contributed by atoms with E-state index in [0.717, 1.165) is 11.6 Å². The van der Waals surface area contributed by atoms with Gasteiger partial charge >= 0.3 is 6.18 Å². The molecule has 0 amide bonds. The van der Waals surface area contributed by atoms with Crippen molar-refractivity contribution >= 4 is 0 Å². The van der Waals surface area contributed by atoms with Crippen molar-refractivity contribution in [2.24, 2.45) is 0 Å². The Bertz CT molecular complexity index is 638. The molecule has 0 aliphatic carbocycles. The maximum atomic E-state index is 12.8. The van der Waals surface area contributed by atoms with Crippen molar-refractivity contribution in [2.45, 2.75) is 39.3 Å². The molecule has 0 bridgehead atoms. The van der Waals surface area contributed by atoms with Crippen molar-refractivity contribution in [1.29, 1.82) is 0 Å². The lowest BCUT2D eigenvalue weighted by atomic mass is 9.88. The number of nitrogens with zero attached hydrogens (tertiary/aromatic N) is 2. The maximum Gasteiger partial charge on any atom is 0.433 e. The van der Waals surface area contributed by atoms with Gasteiger partial charge in [0.25, 0.3) is 0 Å². The molecule has 0 aromatic carbocycles. The molecular formula is C16H17F3N2. The molecule has 2 heterocycles. The average molecular weight is 294 g/mol. The van der Waals surface area contributed by atoms with E-state index >= 15 is 0 Å². The summed E-state index contributed by atoms with van der Waals surface area (Å²) in [6.07, 6.45) is -2.75. The van der Waals surface area contributed by atoms with Crippen LogP contribution in [0.2, 0.25) is 0 Å². The molecular weight excluding hydrogens is 277 g/mol. The third-order valence-electron chi connectivity index (χ3n) is 3.17. The van der Waals surface area contributed by atoms with Gasteiger partial charge in [-0.1, -0.05) is 26.8 Å². The van der Waals surface area contributed by atoms with Crippen LogP contribution in [-0.2, 0) is 11.6 Å². The van der Waals surface area contributed by atoms with E-state index in [-0.39, 0.29) is 5.41 Å². The van der Waals surface area contributed by atoms with Crippen LogP contribution < -0.4 is 0 Å². The van der Waals surface area contributed by atoms with Gasteiger partial charge in [0.2, 0.25) is 0 Å². The minimum atomic E-state index is -4.45. The second-order valence-corrected chi connectivity index (χ2v) is 6.06. The van der Waals surface area contributed by atoms with E-state index in [1.165, 1.54) is 0 Å². The van der Waals surface area contributed by atoms with Crippen molar-refractivity contribution in [3.63, 3.8) is 0 Å². The van der Waals surface area contributed by atoms with Crippen molar-refractivity contribution in [3.8, 4) is 11.3 Å². The van der Waals surface area contributed by atoms with Crippen LogP contribution in [0.3, 0.4) is 0 Å². The highest BCUT2D eigenvalue weighted by Crippen LogP contribution is 2.31. The fraction of sp³-hybridized carbons (Fsp3) is 0.375. The summed E-state index contributed by atoms with van der Waals surface area (Å²) in [4.78, 5) is 7.82. The Kier molecular flexibility index (Phi) is 3.78. The van der Waals surface area contributed by atoms with Gasteiger partial charge in [-0.2, -0.15) is 13.2 Å². The van der Waals surface area contributed by atoms with E-state index in [1.807, 2.05) is 6.07 Å². The normalized spacial score (nSPS) is 12.5. The quantitative estimate of drug-likeness (QED) is 0.757. The molecule has 2 nitrogen and oxygen atoms in total. The first-order chi connectivity index (χ1) is 9.57. The molecule has 0 fully saturated rings. The molecule has 0 spiro atoms. The summed E-state index contributed by atoms with van der Waals surface area (Å²) in [5.74, 6) is 0. The molecule has 0 atom stereocenters. The molecule has 0 N–H and O–H groups in total. The molecule has 112 valence electrons. The summed E-state index contributed by atoms with van der Waals surface area (Å²) in [5, 5.41) is 0. The van der Waals surface area contributed by atoms with E-state index in [9.17, 15) is 13.2 Å².